The molecule has 0 saturated heterocycles. The summed E-state index contributed by atoms with van der Waals surface area (Å²) in [6.45, 7) is 4.54. The zero-order valence-electron chi connectivity index (χ0n) is 11.8. The van der Waals surface area contributed by atoms with Crippen LogP contribution >= 0.6 is 0 Å². The minimum absolute atomic E-state index is 0.124. The van der Waals surface area contributed by atoms with Gasteiger partial charge < -0.3 is 10.5 Å². The first kappa shape index (κ1) is 13.6. The molecule has 0 spiro atoms. The van der Waals surface area contributed by atoms with Crippen LogP contribution in [0.5, 0.6) is 5.75 Å². The van der Waals surface area contributed by atoms with E-state index in [1.165, 1.54) is 0 Å². The number of hydrogen-bond donors (Lipinski definition) is 1. The molecule has 0 bridgehead atoms. The summed E-state index contributed by atoms with van der Waals surface area (Å²) in [4.78, 5) is 0. The molecule has 2 aromatic rings. The molecule has 0 saturated carbocycles. The molecule has 1 heterocycles. The normalized spacial score (nSPS) is 12.4. The predicted molar refractivity (Wildman–Crippen MR) is 76.1 cm³/mol. The van der Waals surface area contributed by atoms with E-state index in [2.05, 4.69) is 24.2 Å². The largest absolute Gasteiger partial charge is 0.487 e. The first-order valence-corrected chi connectivity index (χ1v) is 6.51. The highest BCUT2D eigenvalue weighted by atomic mass is 16.5. The van der Waals surface area contributed by atoms with E-state index in [9.17, 15) is 0 Å². The van der Waals surface area contributed by atoms with Crippen LogP contribution in [0.25, 0.3) is 0 Å². The molecular formula is C15H21N3O. The van der Waals surface area contributed by atoms with Crippen molar-refractivity contribution in [1.29, 1.82) is 0 Å². The van der Waals surface area contributed by atoms with E-state index in [-0.39, 0.29) is 6.04 Å². The molecule has 1 aromatic heterocycles. The number of nitrogens with zero attached hydrogens (tertiary/aromatic N) is 2. The lowest BCUT2D eigenvalue weighted by Crippen LogP contribution is -2.18. The molecule has 2 N–H and O–H groups in total. The Hall–Kier alpha value is -1.81. The summed E-state index contributed by atoms with van der Waals surface area (Å²) in [5.74, 6) is 0.936. The Bertz CT molecular complexity index is 546. The summed E-state index contributed by atoms with van der Waals surface area (Å²) in [6, 6.07) is 8.26. The third-order valence-corrected chi connectivity index (χ3v) is 2.97. The summed E-state index contributed by atoms with van der Waals surface area (Å²) in [6.07, 6.45) is 2.73. The molecule has 2 rings (SSSR count). The van der Waals surface area contributed by atoms with E-state index >= 15 is 0 Å². The number of rotatable bonds is 5. The Morgan fingerprint density at radius 2 is 2.16 bits per heavy atom. The lowest BCUT2D eigenvalue weighted by Gasteiger charge is -2.14. The molecule has 1 aromatic carbocycles. The second kappa shape index (κ2) is 5.89. The van der Waals surface area contributed by atoms with Gasteiger partial charge in [-0.15, -0.1) is 0 Å². The average Bonchev–Trinajstić information content (AvgIpc) is 2.73. The Balaban J connectivity index is 2.14. The molecule has 0 aliphatic rings. The molecule has 4 nitrogen and oxygen atoms in total. The number of aryl methyl sites for hydroxylation is 2. The highest BCUT2D eigenvalue weighted by molar-refractivity contribution is 5.41. The average molecular weight is 259 g/mol. The smallest absolute Gasteiger partial charge is 0.132 e. The van der Waals surface area contributed by atoms with E-state index in [4.69, 9.17) is 10.5 Å². The maximum atomic E-state index is 5.94. The Morgan fingerprint density at radius 1 is 1.37 bits per heavy atom. The molecule has 1 unspecified atom stereocenters. The topological polar surface area (TPSA) is 53.1 Å². The van der Waals surface area contributed by atoms with Gasteiger partial charge in [-0.3, -0.25) is 4.68 Å². The second-order valence-corrected chi connectivity index (χ2v) is 5.01. The number of aromatic nitrogens is 2. The quantitative estimate of drug-likeness (QED) is 0.895. The number of nitrogens with two attached hydrogens (primary N) is 1. The zero-order valence-corrected chi connectivity index (χ0v) is 11.8. The van der Waals surface area contributed by atoms with Crippen LogP contribution in [-0.4, -0.2) is 15.8 Å². The molecule has 0 fully saturated rings. The molecule has 0 aliphatic carbocycles. The minimum Gasteiger partial charge on any atom is -0.487 e. The monoisotopic (exact) mass is 259 g/mol. The molecule has 0 amide bonds. The van der Waals surface area contributed by atoms with Crippen molar-refractivity contribution in [2.75, 3.05) is 0 Å². The van der Waals surface area contributed by atoms with Gasteiger partial charge in [-0.1, -0.05) is 18.2 Å². The minimum atomic E-state index is 0.124. The first-order valence-electron chi connectivity index (χ1n) is 6.51. The van der Waals surface area contributed by atoms with E-state index < -0.39 is 0 Å². The number of para-hydroxylation sites is 1. The Kier molecular flexibility index (Phi) is 4.22. The first-order chi connectivity index (χ1) is 9.06. The van der Waals surface area contributed by atoms with Crippen LogP contribution in [0.15, 0.2) is 30.5 Å². The van der Waals surface area contributed by atoms with Crippen LogP contribution in [0, 0.1) is 6.92 Å². The van der Waals surface area contributed by atoms with Gasteiger partial charge in [-0.05, 0) is 37.5 Å². The van der Waals surface area contributed by atoms with Crippen LogP contribution in [-0.2, 0) is 20.1 Å². The molecular weight excluding hydrogens is 238 g/mol. The Labute approximate surface area is 114 Å². The maximum Gasteiger partial charge on any atom is 0.132 e. The predicted octanol–water partition coefficient (Wildman–Crippen LogP) is 2.20. The van der Waals surface area contributed by atoms with Crippen LogP contribution in [0.1, 0.15) is 23.7 Å². The lowest BCUT2D eigenvalue weighted by atomic mass is 10.0. The van der Waals surface area contributed by atoms with Crippen molar-refractivity contribution >= 4 is 0 Å². The van der Waals surface area contributed by atoms with Crippen molar-refractivity contribution in [3.63, 3.8) is 0 Å². The standard InChI is InChI=1S/C15H21N3O/c1-11-5-4-6-13(9-12(2)16)15(11)19-10-14-7-8-18(3)17-14/h4-8,12H,9-10,16H2,1-3H3. The van der Waals surface area contributed by atoms with Gasteiger partial charge in [-0.2, -0.15) is 5.10 Å². The van der Waals surface area contributed by atoms with E-state index in [1.54, 1.807) is 4.68 Å². The molecule has 0 radical (unpaired) electrons. The number of hydrogen-bond acceptors (Lipinski definition) is 3. The number of ether oxygens (including phenoxy) is 1. The van der Waals surface area contributed by atoms with Gasteiger partial charge in [0.1, 0.15) is 12.4 Å². The van der Waals surface area contributed by atoms with Gasteiger partial charge in [-0.25, -0.2) is 0 Å². The molecule has 1 atom stereocenters. The van der Waals surface area contributed by atoms with Gasteiger partial charge >= 0.3 is 0 Å². The van der Waals surface area contributed by atoms with E-state index in [0.717, 1.165) is 29.0 Å². The highest BCUT2D eigenvalue weighted by Crippen LogP contribution is 2.25. The van der Waals surface area contributed by atoms with Gasteiger partial charge in [0.15, 0.2) is 0 Å². The maximum absolute atomic E-state index is 5.94. The summed E-state index contributed by atoms with van der Waals surface area (Å²) in [5, 5.41) is 4.31. The molecule has 19 heavy (non-hydrogen) atoms. The van der Waals surface area contributed by atoms with Gasteiger partial charge in [0, 0.05) is 19.3 Å². The summed E-state index contributed by atoms with van der Waals surface area (Å²) < 4.78 is 7.71. The summed E-state index contributed by atoms with van der Waals surface area (Å²) >= 11 is 0. The van der Waals surface area contributed by atoms with Crippen molar-refractivity contribution in [1.82, 2.24) is 9.78 Å². The van der Waals surface area contributed by atoms with Crippen LogP contribution in [0.4, 0.5) is 0 Å². The molecule has 4 heteroatoms. The van der Waals surface area contributed by atoms with Crippen molar-refractivity contribution in [2.45, 2.75) is 32.9 Å². The van der Waals surface area contributed by atoms with Crippen molar-refractivity contribution in [2.24, 2.45) is 12.8 Å². The highest BCUT2D eigenvalue weighted by Gasteiger charge is 2.09. The van der Waals surface area contributed by atoms with Gasteiger partial charge in [0.25, 0.3) is 0 Å². The summed E-state index contributed by atoms with van der Waals surface area (Å²) in [7, 11) is 1.90. The van der Waals surface area contributed by atoms with Crippen LogP contribution in [0.2, 0.25) is 0 Å². The SMILES string of the molecule is Cc1cccc(CC(C)N)c1OCc1ccn(C)n1. The van der Waals surface area contributed by atoms with E-state index in [1.807, 2.05) is 32.3 Å². The van der Waals surface area contributed by atoms with Gasteiger partial charge in [0.2, 0.25) is 0 Å². The fourth-order valence-electron chi connectivity index (χ4n) is 2.11. The zero-order chi connectivity index (χ0) is 13.8. The molecule has 102 valence electrons. The van der Waals surface area contributed by atoms with Crippen LogP contribution < -0.4 is 10.5 Å². The fraction of sp³-hybridized carbons (Fsp3) is 0.400. The van der Waals surface area contributed by atoms with Crippen LogP contribution in [0.3, 0.4) is 0 Å². The third kappa shape index (κ3) is 3.58. The summed E-state index contributed by atoms with van der Waals surface area (Å²) in [5.41, 5.74) is 9.10. The Morgan fingerprint density at radius 3 is 2.79 bits per heavy atom. The van der Waals surface area contributed by atoms with Crippen molar-refractivity contribution in [3.8, 4) is 5.75 Å². The fourth-order valence-corrected chi connectivity index (χ4v) is 2.11. The van der Waals surface area contributed by atoms with Crippen molar-refractivity contribution < 1.29 is 4.74 Å². The third-order valence-electron chi connectivity index (χ3n) is 2.97. The van der Waals surface area contributed by atoms with E-state index in [0.29, 0.717) is 6.61 Å². The lowest BCUT2D eigenvalue weighted by molar-refractivity contribution is 0.294. The van der Waals surface area contributed by atoms with Crippen molar-refractivity contribution in [3.05, 3.63) is 47.3 Å². The second-order valence-electron chi connectivity index (χ2n) is 5.01. The molecule has 0 aliphatic heterocycles. The van der Waals surface area contributed by atoms with Gasteiger partial charge in [0.05, 0.1) is 5.69 Å². The number of benzene rings is 1.